The molecule has 0 saturated heterocycles. The van der Waals surface area contributed by atoms with Crippen LogP contribution in [0.2, 0.25) is 0 Å². The number of hydrogen-bond acceptors (Lipinski definition) is 6. The summed E-state index contributed by atoms with van der Waals surface area (Å²) in [5.41, 5.74) is 2.49. The van der Waals surface area contributed by atoms with E-state index in [1.54, 1.807) is 6.92 Å². The van der Waals surface area contributed by atoms with Crippen LogP contribution in [0.5, 0.6) is 0 Å². The summed E-state index contributed by atoms with van der Waals surface area (Å²) in [5, 5.41) is 14.5. The Morgan fingerprint density at radius 3 is 2.84 bits per heavy atom. The average molecular weight is 502 g/mol. The third kappa shape index (κ3) is 4.99. The quantitative estimate of drug-likeness (QED) is 0.467. The lowest BCUT2D eigenvalue weighted by molar-refractivity contribution is -0.123. The molecule has 1 saturated carbocycles. The van der Waals surface area contributed by atoms with E-state index in [-0.39, 0.29) is 23.4 Å². The number of H-pyrrole nitrogens is 1. The molecule has 0 radical (unpaired) electrons. The van der Waals surface area contributed by atoms with E-state index in [0.717, 1.165) is 61.8 Å². The van der Waals surface area contributed by atoms with Crippen LogP contribution in [0.15, 0.2) is 52.5 Å². The first-order valence-corrected chi connectivity index (χ1v) is 13.4. The number of ketones is 1. The zero-order valence-corrected chi connectivity index (χ0v) is 21.6. The molecule has 1 aliphatic heterocycles. The van der Waals surface area contributed by atoms with Gasteiger partial charge in [-0.2, -0.15) is 5.21 Å². The van der Waals surface area contributed by atoms with Gasteiger partial charge in [-0.1, -0.05) is 50.5 Å². The first kappa shape index (κ1) is 25.0. The topological polar surface area (TPSA) is 111 Å². The van der Waals surface area contributed by atoms with E-state index in [0.29, 0.717) is 18.8 Å². The second-order valence-corrected chi connectivity index (χ2v) is 10.4. The van der Waals surface area contributed by atoms with E-state index in [1.165, 1.54) is 0 Å². The number of aryl methyl sites for hydroxylation is 1. The van der Waals surface area contributed by atoms with Gasteiger partial charge in [-0.25, -0.2) is 4.79 Å². The predicted octanol–water partition coefficient (Wildman–Crippen LogP) is 4.42. The summed E-state index contributed by atoms with van der Waals surface area (Å²) in [6, 6.07) is 8.06. The number of aromatic amines is 1. The lowest BCUT2D eigenvalue weighted by Crippen LogP contribution is -2.39. The Balaban J connectivity index is 1.57. The van der Waals surface area contributed by atoms with Crippen molar-refractivity contribution in [3.05, 3.63) is 64.5 Å². The molecular formula is C28H35N7O2. The molecule has 0 amide bonds. The van der Waals surface area contributed by atoms with E-state index >= 15 is 0 Å². The summed E-state index contributed by atoms with van der Waals surface area (Å²) in [6.07, 6.45) is 15.2. The molecular weight excluding hydrogens is 466 g/mol. The molecule has 37 heavy (non-hydrogen) atoms. The Bertz CT molecular complexity index is 1350. The van der Waals surface area contributed by atoms with Gasteiger partial charge in [-0.3, -0.25) is 18.9 Å². The number of carbonyl (C=O) groups is 1. The molecule has 0 spiro atoms. The van der Waals surface area contributed by atoms with Crippen LogP contribution in [0, 0.1) is 5.92 Å². The van der Waals surface area contributed by atoms with Crippen LogP contribution in [0.25, 0.3) is 11.4 Å². The molecule has 9 heteroatoms. The molecule has 0 bridgehead atoms. The number of imidazole rings is 1. The van der Waals surface area contributed by atoms with Crippen LogP contribution >= 0.6 is 0 Å². The number of aliphatic imine (C=N–C) groups is 1. The fourth-order valence-corrected chi connectivity index (χ4v) is 5.92. The molecule has 194 valence electrons. The van der Waals surface area contributed by atoms with Gasteiger partial charge in [0.25, 0.3) is 0 Å². The van der Waals surface area contributed by atoms with Gasteiger partial charge in [0.2, 0.25) is 5.82 Å². The number of Topliss-reactive ketones (excluding diaryl/α,β-unsaturated/α-hetero) is 1. The first-order valence-electron chi connectivity index (χ1n) is 13.4. The van der Waals surface area contributed by atoms with Crippen molar-refractivity contribution in [2.24, 2.45) is 10.9 Å². The van der Waals surface area contributed by atoms with Gasteiger partial charge in [-0.05, 0) is 55.9 Å². The van der Waals surface area contributed by atoms with Crippen LogP contribution < -0.4 is 5.69 Å². The van der Waals surface area contributed by atoms with Crippen molar-refractivity contribution >= 4 is 12.0 Å². The van der Waals surface area contributed by atoms with Crippen molar-refractivity contribution < 1.29 is 4.79 Å². The SMILES string of the molecule is CCCCc1cn(C2CCCCC2C(C)=O)c(=O)n1CC1(c2cccc(-c3nn[nH]n3)c2)C=CN=CC1. The van der Waals surface area contributed by atoms with Gasteiger partial charge in [0.1, 0.15) is 5.78 Å². The summed E-state index contributed by atoms with van der Waals surface area (Å²) in [7, 11) is 0. The molecule has 9 nitrogen and oxygen atoms in total. The van der Waals surface area contributed by atoms with Crippen LogP contribution in [0.4, 0.5) is 0 Å². The van der Waals surface area contributed by atoms with Gasteiger partial charge in [0, 0.05) is 53.8 Å². The number of tetrazole rings is 1. The number of unbranched alkanes of at least 4 members (excludes halogenated alkanes) is 1. The molecule has 2 aromatic heterocycles. The minimum absolute atomic E-state index is 0.0196. The highest BCUT2D eigenvalue weighted by atomic mass is 16.2. The van der Waals surface area contributed by atoms with Gasteiger partial charge < -0.3 is 0 Å². The van der Waals surface area contributed by atoms with Crippen LogP contribution in [-0.4, -0.2) is 41.8 Å². The third-order valence-electron chi connectivity index (χ3n) is 8.00. The summed E-state index contributed by atoms with van der Waals surface area (Å²) in [6.45, 7) is 4.33. The lowest BCUT2D eigenvalue weighted by Gasteiger charge is -2.33. The zero-order valence-electron chi connectivity index (χ0n) is 21.6. The predicted molar refractivity (Wildman–Crippen MR) is 143 cm³/mol. The highest BCUT2D eigenvalue weighted by molar-refractivity contribution is 5.78. The summed E-state index contributed by atoms with van der Waals surface area (Å²) >= 11 is 0. The minimum atomic E-state index is -0.453. The maximum Gasteiger partial charge on any atom is 0.328 e. The Morgan fingerprint density at radius 2 is 2.11 bits per heavy atom. The number of nitrogens with zero attached hydrogens (tertiary/aromatic N) is 6. The zero-order chi connectivity index (χ0) is 25.8. The molecule has 1 aromatic carbocycles. The molecule has 3 aromatic rings. The van der Waals surface area contributed by atoms with Crippen molar-refractivity contribution in [1.82, 2.24) is 29.8 Å². The lowest BCUT2D eigenvalue weighted by atomic mass is 9.76. The number of nitrogens with one attached hydrogen (secondary N) is 1. The second-order valence-electron chi connectivity index (χ2n) is 10.4. The standard InChI is InChI=1S/C28H35N7O2/c1-3-4-10-23-18-34(25-12-6-5-11-24(25)20(2)36)27(37)35(23)19-28(13-15-29-16-14-28)22-9-7-8-21(17-22)26-30-32-33-31-26/h7-9,13,15-18,24-25H,3-6,10-12,14,19H2,1-2H3,(H,30,31,32,33). The molecule has 2 aliphatic rings. The molecule has 3 unspecified atom stereocenters. The Kier molecular flexibility index (Phi) is 7.30. The second kappa shape index (κ2) is 10.8. The van der Waals surface area contributed by atoms with Crippen LogP contribution in [-0.2, 0) is 23.2 Å². The van der Waals surface area contributed by atoms with Crippen molar-refractivity contribution in [2.45, 2.75) is 83.2 Å². The highest BCUT2D eigenvalue weighted by Crippen LogP contribution is 2.37. The normalized spacial score (nSPS) is 23.4. The number of hydrogen-bond donors (Lipinski definition) is 1. The van der Waals surface area contributed by atoms with E-state index in [2.05, 4.69) is 50.7 Å². The average Bonchev–Trinajstić information content (AvgIpc) is 3.57. The molecule has 1 aliphatic carbocycles. The highest BCUT2D eigenvalue weighted by Gasteiger charge is 2.35. The number of allylic oxidation sites excluding steroid dienone is 1. The summed E-state index contributed by atoms with van der Waals surface area (Å²) in [5.74, 6) is 0.620. The molecule has 3 heterocycles. The van der Waals surface area contributed by atoms with E-state index < -0.39 is 5.41 Å². The number of carbonyl (C=O) groups excluding carboxylic acids is 1. The van der Waals surface area contributed by atoms with E-state index in [4.69, 9.17) is 0 Å². The van der Waals surface area contributed by atoms with Gasteiger partial charge >= 0.3 is 5.69 Å². The fourth-order valence-electron chi connectivity index (χ4n) is 5.92. The molecule has 3 atom stereocenters. The van der Waals surface area contributed by atoms with Crippen molar-refractivity contribution in [1.29, 1.82) is 0 Å². The Morgan fingerprint density at radius 1 is 1.24 bits per heavy atom. The molecule has 1 N–H and O–H groups in total. The van der Waals surface area contributed by atoms with E-state index in [1.807, 2.05) is 39.9 Å². The molecule has 5 rings (SSSR count). The van der Waals surface area contributed by atoms with Crippen molar-refractivity contribution in [3.63, 3.8) is 0 Å². The number of rotatable bonds is 9. The van der Waals surface area contributed by atoms with Gasteiger partial charge in [0.05, 0.1) is 0 Å². The van der Waals surface area contributed by atoms with Gasteiger partial charge in [-0.15, -0.1) is 10.2 Å². The third-order valence-corrected chi connectivity index (χ3v) is 8.00. The van der Waals surface area contributed by atoms with Crippen molar-refractivity contribution in [3.8, 4) is 11.4 Å². The number of benzene rings is 1. The van der Waals surface area contributed by atoms with Gasteiger partial charge in [0.15, 0.2) is 0 Å². The minimum Gasteiger partial charge on any atom is -0.300 e. The first-order chi connectivity index (χ1) is 18.0. The van der Waals surface area contributed by atoms with E-state index in [9.17, 15) is 9.59 Å². The van der Waals surface area contributed by atoms with Crippen molar-refractivity contribution in [2.75, 3.05) is 0 Å². The number of aromatic nitrogens is 6. The Labute approximate surface area is 216 Å². The summed E-state index contributed by atoms with van der Waals surface area (Å²) in [4.78, 5) is 30.9. The largest absolute Gasteiger partial charge is 0.328 e. The smallest absolute Gasteiger partial charge is 0.300 e. The van der Waals surface area contributed by atoms with Crippen LogP contribution in [0.3, 0.4) is 0 Å². The monoisotopic (exact) mass is 501 g/mol. The fraction of sp³-hybridized carbons (Fsp3) is 0.500. The van der Waals surface area contributed by atoms with Crippen LogP contribution in [0.1, 0.15) is 76.1 Å². The maximum atomic E-state index is 14.0. The summed E-state index contributed by atoms with van der Waals surface area (Å²) < 4.78 is 3.83. The Hall–Kier alpha value is -3.62. The molecule has 1 fully saturated rings. The maximum absolute atomic E-state index is 14.0.